The number of nitrogens with one attached hydrogen (secondary N) is 2. The number of methoxy groups -OCH3 is 1. The van der Waals surface area contributed by atoms with E-state index in [4.69, 9.17) is 9.72 Å². The molecule has 3 aromatic rings. The van der Waals surface area contributed by atoms with Gasteiger partial charge in [0.05, 0.1) is 18.2 Å². The van der Waals surface area contributed by atoms with Crippen LogP contribution in [0.1, 0.15) is 30.5 Å². The predicted molar refractivity (Wildman–Crippen MR) is 118 cm³/mol. The predicted octanol–water partition coefficient (Wildman–Crippen LogP) is 2.82. The first-order valence-electron chi connectivity index (χ1n) is 10.9. The van der Waals surface area contributed by atoms with Gasteiger partial charge in [-0.2, -0.15) is 15.1 Å². The molecule has 2 aliphatic rings. The third-order valence-corrected chi connectivity index (χ3v) is 6.09. The fourth-order valence-electron chi connectivity index (χ4n) is 4.42. The summed E-state index contributed by atoms with van der Waals surface area (Å²) in [7, 11) is 1.69. The molecule has 0 radical (unpaired) electrons. The minimum absolute atomic E-state index is 0.661. The van der Waals surface area contributed by atoms with Crippen LogP contribution in [0.15, 0.2) is 24.3 Å². The van der Waals surface area contributed by atoms with Gasteiger partial charge in [0.2, 0.25) is 5.95 Å². The number of piperidine rings is 1. The topological polar surface area (TPSA) is 82.2 Å². The number of likely N-dealkylation sites (tertiary alicyclic amines) is 1. The maximum atomic E-state index is 5.28. The van der Waals surface area contributed by atoms with Crippen molar-refractivity contribution in [3.8, 4) is 5.75 Å². The standard InChI is InChI=1S/C22H29N7O/c1-30-17-7-5-16(6-8-17)15-29-13-9-18-19-20(27-26-18)24-22(25-21(19)29)23-10-14-28-11-3-2-4-12-28/h5-8H,2-4,9-15H2,1H3,(H2,23,24,25,26,27). The van der Waals surface area contributed by atoms with Crippen LogP contribution >= 0.6 is 0 Å². The fraction of sp³-hybridized carbons (Fsp3) is 0.500. The molecule has 2 N–H and O–H groups in total. The van der Waals surface area contributed by atoms with Crippen molar-refractivity contribution < 1.29 is 4.74 Å². The monoisotopic (exact) mass is 407 g/mol. The molecule has 1 fully saturated rings. The molecule has 2 aromatic heterocycles. The first-order valence-corrected chi connectivity index (χ1v) is 10.9. The van der Waals surface area contributed by atoms with Gasteiger partial charge in [-0.05, 0) is 43.6 Å². The Morgan fingerprint density at radius 2 is 1.90 bits per heavy atom. The molecule has 1 saturated heterocycles. The summed E-state index contributed by atoms with van der Waals surface area (Å²) >= 11 is 0. The Bertz CT molecular complexity index is 995. The average Bonchev–Trinajstić information content (AvgIpc) is 3.21. The zero-order chi connectivity index (χ0) is 20.3. The number of H-pyrrole nitrogens is 1. The average molecular weight is 408 g/mol. The van der Waals surface area contributed by atoms with Crippen LogP contribution in [0.5, 0.6) is 5.75 Å². The SMILES string of the molecule is COc1ccc(CN2CCc3[nH]nc4nc(NCCN5CCCCC5)nc2c34)cc1. The van der Waals surface area contributed by atoms with E-state index in [0.29, 0.717) is 5.95 Å². The van der Waals surface area contributed by atoms with Crippen LogP contribution in [-0.2, 0) is 13.0 Å². The highest BCUT2D eigenvalue weighted by Crippen LogP contribution is 2.32. The number of aromatic amines is 1. The number of rotatable bonds is 7. The minimum atomic E-state index is 0.661. The summed E-state index contributed by atoms with van der Waals surface area (Å²) in [5, 5.41) is 12.1. The number of nitrogens with zero attached hydrogens (tertiary/aromatic N) is 5. The van der Waals surface area contributed by atoms with Gasteiger partial charge in [0.15, 0.2) is 5.65 Å². The van der Waals surface area contributed by atoms with Crippen molar-refractivity contribution in [1.29, 1.82) is 0 Å². The molecule has 8 heteroatoms. The minimum Gasteiger partial charge on any atom is -0.497 e. The maximum absolute atomic E-state index is 5.28. The molecule has 0 aliphatic carbocycles. The van der Waals surface area contributed by atoms with Crippen LogP contribution in [0.4, 0.5) is 11.8 Å². The van der Waals surface area contributed by atoms with E-state index < -0.39 is 0 Å². The summed E-state index contributed by atoms with van der Waals surface area (Å²) < 4.78 is 5.28. The summed E-state index contributed by atoms with van der Waals surface area (Å²) in [6.07, 6.45) is 4.90. The van der Waals surface area contributed by atoms with Gasteiger partial charge < -0.3 is 19.9 Å². The molecule has 2 aliphatic heterocycles. The molecular formula is C22H29N7O. The van der Waals surface area contributed by atoms with Gasteiger partial charge in [-0.15, -0.1) is 0 Å². The number of anilines is 2. The van der Waals surface area contributed by atoms with E-state index >= 15 is 0 Å². The largest absolute Gasteiger partial charge is 0.497 e. The molecule has 0 atom stereocenters. The van der Waals surface area contributed by atoms with Crippen LogP contribution in [0.2, 0.25) is 0 Å². The van der Waals surface area contributed by atoms with Gasteiger partial charge in [-0.3, -0.25) is 5.10 Å². The molecule has 8 nitrogen and oxygen atoms in total. The van der Waals surface area contributed by atoms with E-state index in [9.17, 15) is 0 Å². The Morgan fingerprint density at radius 3 is 2.70 bits per heavy atom. The molecule has 4 heterocycles. The van der Waals surface area contributed by atoms with E-state index in [-0.39, 0.29) is 0 Å². The Kier molecular flexibility index (Phi) is 5.40. The van der Waals surface area contributed by atoms with Crippen molar-refractivity contribution in [3.05, 3.63) is 35.5 Å². The second-order valence-corrected chi connectivity index (χ2v) is 8.12. The molecule has 158 valence electrons. The summed E-state index contributed by atoms with van der Waals surface area (Å²) in [6, 6.07) is 8.23. The Labute approximate surface area is 176 Å². The summed E-state index contributed by atoms with van der Waals surface area (Å²) in [6.45, 7) is 5.98. The molecule has 30 heavy (non-hydrogen) atoms. The lowest BCUT2D eigenvalue weighted by Crippen LogP contribution is -2.34. The lowest BCUT2D eigenvalue weighted by atomic mass is 10.1. The van der Waals surface area contributed by atoms with Crippen molar-refractivity contribution in [2.75, 3.05) is 50.1 Å². The van der Waals surface area contributed by atoms with Crippen LogP contribution in [0, 0.1) is 0 Å². The molecule has 0 spiro atoms. The van der Waals surface area contributed by atoms with Crippen molar-refractivity contribution in [2.24, 2.45) is 0 Å². The summed E-state index contributed by atoms with van der Waals surface area (Å²) in [5.74, 6) is 2.50. The first kappa shape index (κ1) is 19.1. The molecule has 0 saturated carbocycles. The zero-order valence-electron chi connectivity index (χ0n) is 17.5. The maximum Gasteiger partial charge on any atom is 0.226 e. The quantitative estimate of drug-likeness (QED) is 0.623. The third-order valence-electron chi connectivity index (χ3n) is 6.09. The normalized spacial score (nSPS) is 16.8. The highest BCUT2D eigenvalue weighted by Gasteiger charge is 2.24. The van der Waals surface area contributed by atoms with Crippen LogP contribution in [0.3, 0.4) is 0 Å². The van der Waals surface area contributed by atoms with E-state index in [0.717, 1.165) is 60.9 Å². The van der Waals surface area contributed by atoms with Gasteiger partial charge in [0.25, 0.3) is 0 Å². The molecule has 0 amide bonds. The number of benzene rings is 1. The van der Waals surface area contributed by atoms with Gasteiger partial charge >= 0.3 is 0 Å². The summed E-state index contributed by atoms with van der Waals surface area (Å²) in [4.78, 5) is 14.4. The van der Waals surface area contributed by atoms with Crippen molar-refractivity contribution in [1.82, 2.24) is 25.1 Å². The Morgan fingerprint density at radius 1 is 1.07 bits per heavy atom. The number of aromatic nitrogens is 4. The van der Waals surface area contributed by atoms with Gasteiger partial charge in [-0.1, -0.05) is 18.6 Å². The van der Waals surface area contributed by atoms with E-state index in [1.165, 1.54) is 37.9 Å². The smallest absolute Gasteiger partial charge is 0.226 e. The highest BCUT2D eigenvalue weighted by molar-refractivity contribution is 5.91. The lowest BCUT2D eigenvalue weighted by molar-refractivity contribution is 0.237. The Balaban J connectivity index is 1.34. The third kappa shape index (κ3) is 3.92. The molecule has 5 rings (SSSR count). The molecule has 1 aromatic carbocycles. The van der Waals surface area contributed by atoms with E-state index in [1.807, 2.05) is 12.1 Å². The number of ether oxygens (including phenoxy) is 1. The second-order valence-electron chi connectivity index (χ2n) is 8.12. The van der Waals surface area contributed by atoms with E-state index in [1.54, 1.807) is 7.11 Å². The van der Waals surface area contributed by atoms with Gasteiger partial charge in [0, 0.05) is 32.6 Å². The highest BCUT2D eigenvalue weighted by atomic mass is 16.5. The van der Waals surface area contributed by atoms with Crippen LogP contribution in [-0.4, -0.2) is 64.9 Å². The molecular weight excluding hydrogens is 378 g/mol. The zero-order valence-corrected chi connectivity index (χ0v) is 17.5. The van der Waals surface area contributed by atoms with Crippen LogP contribution in [0.25, 0.3) is 11.0 Å². The summed E-state index contributed by atoms with van der Waals surface area (Å²) in [5.41, 5.74) is 3.11. The molecule has 0 bridgehead atoms. The lowest BCUT2D eigenvalue weighted by Gasteiger charge is -2.28. The van der Waals surface area contributed by atoms with Crippen molar-refractivity contribution >= 4 is 22.8 Å². The second kappa shape index (κ2) is 8.47. The number of hydrogen-bond acceptors (Lipinski definition) is 7. The first-order chi connectivity index (χ1) is 14.8. The van der Waals surface area contributed by atoms with E-state index in [2.05, 4.69) is 42.4 Å². The van der Waals surface area contributed by atoms with Crippen LogP contribution < -0.4 is 15.0 Å². The Hall–Kier alpha value is -2.87. The molecule has 0 unspecified atom stereocenters. The fourth-order valence-corrected chi connectivity index (χ4v) is 4.42. The van der Waals surface area contributed by atoms with Gasteiger partial charge in [0.1, 0.15) is 11.6 Å². The van der Waals surface area contributed by atoms with Crippen molar-refractivity contribution in [2.45, 2.75) is 32.2 Å². The number of hydrogen-bond donors (Lipinski definition) is 2. The van der Waals surface area contributed by atoms with Gasteiger partial charge in [-0.25, -0.2) is 0 Å². The van der Waals surface area contributed by atoms with Crippen molar-refractivity contribution in [3.63, 3.8) is 0 Å².